The van der Waals surface area contributed by atoms with Gasteiger partial charge in [-0.15, -0.1) is 35.3 Å². The quantitative estimate of drug-likeness (QED) is 0.424. The normalized spacial score (nSPS) is 19.6. The Morgan fingerprint density at radius 2 is 2.27 bits per heavy atom. The molecule has 6 heteroatoms. The van der Waals surface area contributed by atoms with Crippen LogP contribution >= 0.6 is 35.3 Å². The molecule has 2 rings (SSSR count). The van der Waals surface area contributed by atoms with Crippen LogP contribution in [0.1, 0.15) is 30.2 Å². The van der Waals surface area contributed by atoms with Crippen molar-refractivity contribution < 1.29 is 0 Å². The second-order valence-electron chi connectivity index (χ2n) is 5.93. The first-order valence-corrected chi connectivity index (χ1v) is 8.77. The highest BCUT2D eigenvalue weighted by atomic mass is 127. The number of aryl methyl sites for hydroxylation is 1. The molecule has 4 nitrogen and oxygen atoms in total. The number of rotatable bonds is 5. The van der Waals surface area contributed by atoms with Crippen molar-refractivity contribution in [1.29, 1.82) is 0 Å². The molecule has 1 aromatic heterocycles. The van der Waals surface area contributed by atoms with E-state index < -0.39 is 0 Å². The molecule has 2 heterocycles. The summed E-state index contributed by atoms with van der Waals surface area (Å²) in [5, 5.41) is 8.94. The van der Waals surface area contributed by atoms with E-state index >= 15 is 0 Å². The van der Waals surface area contributed by atoms with Crippen molar-refractivity contribution in [3.8, 4) is 0 Å². The molecule has 0 aliphatic carbocycles. The molecule has 0 amide bonds. The van der Waals surface area contributed by atoms with E-state index in [2.05, 4.69) is 45.8 Å². The zero-order chi connectivity index (χ0) is 15.1. The lowest BCUT2D eigenvalue weighted by atomic mass is 10.0. The van der Waals surface area contributed by atoms with E-state index in [0.29, 0.717) is 0 Å². The van der Waals surface area contributed by atoms with Gasteiger partial charge in [0.15, 0.2) is 5.96 Å². The molecule has 0 spiro atoms. The summed E-state index contributed by atoms with van der Waals surface area (Å²) in [4.78, 5) is 8.23. The molecule has 0 radical (unpaired) electrons. The average Bonchev–Trinajstić information content (AvgIpc) is 2.88. The zero-order valence-corrected chi connectivity index (χ0v) is 17.0. The summed E-state index contributed by atoms with van der Waals surface area (Å²) < 4.78 is 0. The summed E-state index contributed by atoms with van der Waals surface area (Å²) >= 11 is 1.80. The highest BCUT2D eigenvalue weighted by Crippen LogP contribution is 2.15. The van der Waals surface area contributed by atoms with Crippen LogP contribution in [0.2, 0.25) is 0 Å². The molecule has 1 fully saturated rings. The fourth-order valence-electron chi connectivity index (χ4n) is 2.79. The van der Waals surface area contributed by atoms with E-state index in [9.17, 15) is 0 Å². The highest BCUT2D eigenvalue weighted by Gasteiger charge is 2.15. The molecular weight excluding hydrogens is 407 g/mol. The van der Waals surface area contributed by atoms with Crippen LogP contribution in [-0.4, -0.2) is 44.1 Å². The van der Waals surface area contributed by atoms with E-state index in [0.717, 1.165) is 31.5 Å². The molecule has 1 unspecified atom stereocenters. The van der Waals surface area contributed by atoms with Crippen molar-refractivity contribution in [2.24, 2.45) is 10.9 Å². The van der Waals surface area contributed by atoms with Gasteiger partial charge in [-0.05, 0) is 49.2 Å². The Hall–Kier alpha value is -0.340. The third-order valence-electron chi connectivity index (χ3n) is 4.07. The number of nitrogens with one attached hydrogen (secondary N) is 2. The number of nitrogens with zero attached hydrogens (tertiary/aromatic N) is 2. The number of piperidine rings is 1. The largest absolute Gasteiger partial charge is 0.355 e. The van der Waals surface area contributed by atoms with Crippen LogP contribution in [0.15, 0.2) is 16.4 Å². The van der Waals surface area contributed by atoms with Crippen molar-refractivity contribution in [3.63, 3.8) is 0 Å². The number of thiophene rings is 1. The van der Waals surface area contributed by atoms with E-state index in [1.54, 1.807) is 11.3 Å². The van der Waals surface area contributed by atoms with Gasteiger partial charge < -0.3 is 15.5 Å². The molecule has 1 saturated heterocycles. The Balaban J connectivity index is 0.00000242. The summed E-state index contributed by atoms with van der Waals surface area (Å²) in [6.07, 6.45) is 2.72. The Kier molecular flexibility index (Phi) is 9.35. The monoisotopic (exact) mass is 436 g/mol. The molecular formula is C16H29IN4S. The van der Waals surface area contributed by atoms with Crippen LogP contribution in [0.4, 0.5) is 0 Å². The van der Waals surface area contributed by atoms with E-state index in [1.807, 2.05) is 7.05 Å². The summed E-state index contributed by atoms with van der Waals surface area (Å²) in [7, 11) is 1.83. The molecule has 1 aliphatic heterocycles. The van der Waals surface area contributed by atoms with Crippen molar-refractivity contribution in [3.05, 3.63) is 21.9 Å². The van der Waals surface area contributed by atoms with Crippen molar-refractivity contribution in [2.45, 2.75) is 33.2 Å². The maximum absolute atomic E-state index is 4.30. The Morgan fingerprint density at radius 1 is 1.45 bits per heavy atom. The third kappa shape index (κ3) is 6.42. The van der Waals surface area contributed by atoms with Crippen LogP contribution in [-0.2, 0) is 6.54 Å². The van der Waals surface area contributed by atoms with Gasteiger partial charge in [-0.2, -0.15) is 0 Å². The first-order chi connectivity index (χ1) is 10.2. The summed E-state index contributed by atoms with van der Waals surface area (Å²) in [5.41, 5.74) is 1.35. The molecule has 1 aromatic rings. The van der Waals surface area contributed by atoms with E-state index in [4.69, 9.17) is 0 Å². The van der Waals surface area contributed by atoms with Crippen molar-refractivity contribution >= 4 is 41.3 Å². The molecule has 1 atom stereocenters. The molecule has 0 aromatic carbocycles. The topological polar surface area (TPSA) is 39.7 Å². The molecule has 0 saturated carbocycles. The lowest BCUT2D eigenvalue weighted by Gasteiger charge is -2.30. The number of likely N-dealkylation sites (tertiary alicyclic amines) is 1. The Bertz CT molecular complexity index is 461. The van der Waals surface area contributed by atoms with Gasteiger partial charge in [-0.3, -0.25) is 4.99 Å². The molecule has 22 heavy (non-hydrogen) atoms. The smallest absolute Gasteiger partial charge is 0.191 e. The van der Waals surface area contributed by atoms with E-state index in [-0.39, 0.29) is 24.0 Å². The molecule has 2 N–H and O–H groups in total. The Labute approximate surface area is 155 Å². The molecule has 1 aliphatic rings. The number of guanidine groups is 1. The number of halogens is 1. The number of hydrogen-bond acceptors (Lipinski definition) is 3. The van der Waals surface area contributed by atoms with Gasteiger partial charge in [0.25, 0.3) is 0 Å². The second-order valence-corrected chi connectivity index (χ2v) is 6.93. The Morgan fingerprint density at radius 3 is 2.91 bits per heavy atom. The van der Waals surface area contributed by atoms with Gasteiger partial charge >= 0.3 is 0 Å². The van der Waals surface area contributed by atoms with Gasteiger partial charge in [0, 0.05) is 31.6 Å². The van der Waals surface area contributed by atoms with Gasteiger partial charge in [0.1, 0.15) is 0 Å². The van der Waals surface area contributed by atoms with Crippen LogP contribution in [0.3, 0.4) is 0 Å². The number of hydrogen-bond donors (Lipinski definition) is 2. The minimum Gasteiger partial charge on any atom is -0.355 e. The zero-order valence-electron chi connectivity index (χ0n) is 13.9. The maximum Gasteiger partial charge on any atom is 0.191 e. The SMILES string of the molecule is CN=C(NCCN1CCCC(C)C1)NCc1sccc1C.I. The average molecular weight is 436 g/mol. The standard InChI is InChI=1S/C16H28N4S.HI/c1-13-5-4-8-20(12-13)9-7-18-16(17-3)19-11-15-14(2)6-10-21-15;/h6,10,13H,4-5,7-9,11-12H2,1-3H3,(H2,17,18,19);1H. The first kappa shape index (κ1) is 19.7. The summed E-state index contributed by atoms with van der Waals surface area (Å²) in [6.45, 7) is 9.89. The third-order valence-corrected chi connectivity index (χ3v) is 5.09. The fourth-order valence-corrected chi connectivity index (χ4v) is 3.64. The molecule has 126 valence electrons. The van der Waals surface area contributed by atoms with Gasteiger partial charge in [0.05, 0.1) is 6.54 Å². The van der Waals surface area contributed by atoms with E-state index in [1.165, 1.54) is 36.4 Å². The van der Waals surface area contributed by atoms with Crippen LogP contribution < -0.4 is 10.6 Å². The van der Waals surface area contributed by atoms with Crippen molar-refractivity contribution in [2.75, 3.05) is 33.2 Å². The van der Waals surface area contributed by atoms with Crippen LogP contribution in [0, 0.1) is 12.8 Å². The van der Waals surface area contributed by atoms with Gasteiger partial charge in [-0.1, -0.05) is 6.92 Å². The summed E-state index contributed by atoms with van der Waals surface area (Å²) in [6, 6.07) is 2.16. The van der Waals surface area contributed by atoms with Crippen LogP contribution in [0.5, 0.6) is 0 Å². The molecule has 0 bridgehead atoms. The fraction of sp³-hybridized carbons (Fsp3) is 0.688. The van der Waals surface area contributed by atoms with Gasteiger partial charge in [0.2, 0.25) is 0 Å². The lowest BCUT2D eigenvalue weighted by Crippen LogP contribution is -2.43. The summed E-state index contributed by atoms with van der Waals surface area (Å²) in [5.74, 6) is 1.74. The lowest BCUT2D eigenvalue weighted by molar-refractivity contribution is 0.187. The second kappa shape index (κ2) is 10.4. The predicted octanol–water partition coefficient (Wildman–Crippen LogP) is 3.07. The van der Waals surface area contributed by atoms with Crippen LogP contribution in [0.25, 0.3) is 0 Å². The maximum atomic E-state index is 4.30. The van der Waals surface area contributed by atoms with Crippen molar-refractivity contribution in [1.82, 2.24) is 15.5 Å². The minimum atomic E-state index is 0. The van der Waals surface area contributed by atoms with Gasteiger partial charge in [-0.25, -0.2) is 0 Å². The predicted molar refractivity (Wildman–Crippen MR) is 108 cm³/mol. The number of aliphatic imine (C=N–C) groups is 1. The first-order valence-electron chi connectivity index (χ1n) is 7.89. The highest BCUT2D eigenvalue weighted by molar-refractivity contribution is 14.0. The minimum absolute atomic E-state index is 0.